The maximum atomic E-state index is 14.2. The van der Waals surface area contributed by atoms with Crippen LogP contribution in [0.5, 0.6) is 0 Å². The molecule has 22 heavy (non-hydrogen) atoms. The van der Waals surface area contributed by atoms with Crippen LogP contribution in [0.15, 0.2) is 0 Å². The van der Waals surface area contributed by atoms with Crippen molar-refractivity contribution in [2.24, 2.45) is 0 Å². The summed E-state index contributed by atoms with van der Waals surface area (Å²) >= 11 is 0. The van der Waals surface area contributed by atoms with E-state index in [0.29, 0.717) is 24.3 Å². The summed E-state index contributed by atoms with van der Waals surface area (Å²) in [6, 6.07) is 0.356. The van der Waals surface area contributed by atoms with Gasteiger partial charge in [0.25, 0.3) is 5.92 Å². The minimum atomic E-state index is -2.79. The van der Waals surface area contributed by atoms with E-state index in [2.05, 4.69) is 22.1 Å². The van der Waals surface area contributed by atoms with E-state index in [9.17, 15) is 8.78 Å². The summed E-state index contributed by atoms with van der Waals surface area (Å²) in [6.07, 6.45) is 3.33. The summed E-state index contributed by atoms with van der Waals surface area (Å²) in [5.41, 5.74) is 1.64. The highest BCUT2D eigenvalue weighted by Gasteiger charge is 2.44. The van der Waals surface area contributed by atoms with Gasteiger partial charge in [-0.15, -0.1) is 0 Å². The molecule has 2 saturated heterocycles. The van der Waals surface area contributed by atoms with E-state index < -0.39 is 5.92 Å². The van der Waals surface area contributed by atoms with E-state index >= 15 is 0 Å². The molecule has 0 aromatic carbocycles. The number of fused-ring (bicyclic) bond motifs is 1. The van der Waals surface area contributed by atoms with Gasteiger partial charge in [-0.05, 0) is 45.7 Å². The van der Waals surface area contributed by atoms with Crippen LogP contribution in [0, 0.1) is 0 Å². The number of hydrogen-bond donors (Lipinski definition) is 1. The monoisotopic (exact) mass is 308 g/mol. The lowest BCUT2D eigenvalue weighted by molar-refractivity contribution is -0.00598. The molecule has 0 saturated carbocycles. The minimum Gasteiger partial charge on any atom is -0.338 e. The van der Waals surface area contributed by atoms with Gasteiger partial charge in [0, 0.05) is 30.5 Å². The van der Waals surface area contributed by atoms with Crippen molar-refractivity contribution >= 4 is 5.95 Å². The fourth-order valence-electron chi connectivity index (χ4n) is 3.81. The normalized spacial score (nSPS) is 27.6. The van der Waals surface area contributed by atoms with Crippen molar-refractivity contribution in [1.29, 1.82) is 0 Å². The van der Waals surface area contributed by atoms with Crippen LogP contribution >= 0.6 is 0 Å². The van der Waals surface area contributed by atoms with E-state index in [1.165, 1.54) is 0 Å². The third kappa shape index (κ3) is 2.19. The average Bonchev–Trinajstić information content (AvgIpc) is 2.82. The van der Waals surface area contributed by atoms with Crippen molar-refractivity contribution in [1.82, 2.24) is 15.3 Å². The van der Waals surface area contributed by atoms with E-state index in [1.54, 1.807) is 0 Å². The number of alkyl halides is 2. The third-order valence-electron chi connectivity index (χ3n) is 5.37. The number of anilines is 1. The van der Waals surface area contributed by atoms with Crippen LogP contribution in [-0.2, 0) is 12.3 Å². The Morgan fingerprint density at radius 3 is 2.59 bits per heavy atom. The topological polar surface area (TPSA) is 41.1 Å². The van der Waals surface area contributed by atoms with Gasteiger partial charge in [0.1, 0.15) is 5.69 Å². The van der Waals surface area contributed by atoms with Crippen LogP contribution in [0.3, 0.4) is 0 Å². The highest BCUT2D eigenvalue weighted by Crippen LogP contribution is 2.44. The fourth-order valence-corrected chi connectivity index (χ4v) is 3.81. The first-order chi connectivity index (χ1) is 10.6. The molecule has 6 heteroatoms. The maximum absolute atomic E-state index is 14.2. The van der Waals surface area contributed by atoms with Gasteiger partial charge in [0.05, 0.1) is 5.69 Å². The first-order valence-electron chi connectivity index (χ1n) is 8.33. The molecule has 120 valence electrons. The smallest absolute Gasteiger partial charge is 0.290 e. The van der Waals surface area contributed by atoms with Crippen molar-refractivity contribution in [3.05, 3.63) is 17.0 Å². The summed E-state index contributed by atoms with van der Waals surface area (Å²) < 4.78 is 28.5. The van der Waals surface area contributed by atoms with Crippen LogP contribution in [0.4, 0.5) is 14.7 Å². The van der Waals surface area contributed by atoms with Crippen molar-refractivity contribution in [2.45, 2.75) is 56.9 Å². The largest absolute Gasteiger partial charge is 0.338 e. The standard InChI is InChI=1S/C16H22F2N4/c1-10-5-9-22(10)15-20-13(11-3-7-19-8-4-11)12-2-6-16(17,18)14(12)21-15/h10-11,19H,2-9H2,1H3. The molecular formula is C16H22F2N4. The molecule has 0 bridgehead atoms. The number of rotatable bonds is 2. The van der Waals surface area contributed by atoms with Crippen LogP contribution < -0.4 is 10.2 Å². The lowest BCUT2D eigenvalue weighted by Crippen LogP contribution is -2.47. The van der Waals surface area contributed by atoms with Crippen LogP contribution in [0.25, 0.3) is 0 Å². The summed E-state index contributed by atoms with van der Waals surface area (Å²) in [5.74, 6) is -1.97. The highest BCUT2D eigenvalue weighted by atomic mass is 19.3. The van der Waals surface area contributed by atoms with Crippen LogP contribution in [0.2, 0.25) is 0 Å². The van der Waals surface area contributed by atoms with Crippen LogP contribution in [-0.4, -0.2) is 35.6 Å². The van der Waals surface area contributed by atoms with Crippen molar-refractivity contribution in [3.8, 4) is 0 Å². The molecule has 0 spiro atoms. The highest BCUT2D eigenvalue weighted by molar-refractivity contribution is 5.45. The molecule has 2 aliphatic heterocycles. The molecular weight excluding hydrogens is 286 g/mol. The van der Waals surface area contributed by atoms with Gasteiger partial charge >= 0.3 is 0 Å². The van der Waals surface area contributed by atoms with Gasteiger partial charge in [0.2, 0.25) is 5.95 Å². The molecule has 4 rings (SSSR count). The Kier molecular flexibility index (Phi) is 3.33. The first kappa shape index (κ1) is 14.3. The van der Waals surface area contributed by atoms with Crippen molar-refractivity contribution < 1.29 is 8.78 Å². The third-order valence-corrected chi connectivity index (χ3v) is 5.37. The van der Waals surface area contributed by atoms with Gasteiger partial charge in [-0.2, -0.15) is 8.78 Å². The molecule has 0 amide bonds. The van der Waals surface area contributed by atoms with Crippen molar-refractivity contribution in [2.75, 3.05) is 24.5 Å². The molecule has 1 aromatic rings. The lowest BCUT2D eigenvalue weighted by Gasteiger charge is -2.39. The molecule has 1 N–H and O–H groups in total. The van der Waals surface area contributed by atoms with Gasteiger partial charge in [-0.3, -0.25) is 0 Å². The Hall–Kier alpha value is -1.30. The minimum absolute atomic E-state index is 0.00475. The number of nitrogens with one attached hydrogen (secondary N) is 1. The number of piperidine rings is 1. The summed E-state index contributed by atoms with van der Waals surface area (Å²) in [7, 11) is 0. The SMILES string of the molecule is CC1CCN1c1nc(C2CCNCC2)c2c(n1)C(F)(F)CC2. The molecule has 3 heterocycles. The number of hydrogen-bond acceptors (Lipinski definition) is 4. The Morgan fingerprint density at radius 2 is 1.95 bits per heavy atom. The second-order valence-electron chi connectivity index (χ2n) is 6.80. The van der Waals surface area contributed by atoms with E-state index in [4.69, 9.17) is 4.98 Å². The van der Waals surface area contributed by atoms with E-state index in [0.717, 1.165) is 50.2 Å². The molecule has 1 aromatic heterocycles. The second kappa shape index (κ2) is 5.11. The Labute approximate surface area is 129 Å². The quantitative estimate of drug-likeness (QED) is 0.912. The van der Waals surface area contributed by atoms with E-state index in [1.807, 2.05) is 0 Å². The predicted molar refractivity (Wildman–Crippen MR) is 80.5 cm³/mol. The Bertz CT molecular complexity index is 584. The summed E-state index contributed by atoms with van der Waals surface area (Å²) in [5, 5.41) is 3.33. The Morgan fingerprint density at radius 1 is 1.18 bits per heavy atom. The average molecular weight is 308 g/mol. The summed E-state index contributed by atoms with van der Waals surface area (Å²) in [4.78, 5) is 11.1. The van der Waals surface area contributed by atoms with Gasteiger partial charge in [-0.25, -0.2) is 9.97 Å². The maximum Gasteiger partial charge on any atom is 0.290 e. The zero-order valence-corrected chi connectivity index (χ0v) is 12.9. The Balaban J connectivity index is 1.78. The molecule has 1 unspecified atom stereocenters. The molecule has 3 aliphatic rings. The zero-order valence-electron chi connectivity index (χ0n) is 12.9. The summed E-state index contributed by atoms with van der Waals surface area (Å²) in [6.45, 7) is 4.85. The number of halogens is 2. The fraction of sp³-hybridized carbons (Fsp3) is 0.750. The van der Waals surface area contributed by atoms with Gasteiger partial charge < -0.3 is 10.2 Å². The molecule has 0 radical (unpaired) electrons. The number of nitrogens with zero attached hydrogens (tertiary/aromatic N) is 3. The predicted octanol–water partition coefficient (Wildman–Crippen LogP) is 2.58. The van der Waals surface area contributed by atoms with Crippen molar-refractivity contribution in [3.63, 3.8) is 0 Å². The lowest BCUT2D eigenvalue weighted by atomic mass is 9.91. The number of aromatic nitrogens is 2. The second-order valence-corrected chi connectivity index (χ2v) is 6.80. The molecule has 2 fully saturated rings. The van der Waals surface area contributed by atoms with Gasteiger partial charge in [-0.1, -0.05) is 0 Å². The van der Waals surface area contributed by atoms with Crippen LogP contribution in [0.1, 0.15) is 55.5 Å². The van der Waals surface area contributed by atoms with Gasteiger partial charge in [0.15, 0.2) is 0 Å². The first-order valence-corrected chi connectivity index (χ1v) is 8.33. The molecule has 1 atom stereocenters. The van der Waals surface area contributed by atoms with E-state index in [-0.39, 0.29) is 12.1 Å². The molecule has 1 aliphatic carbocycles. The molecule has 4 nitrogen and oxygen atoms in total. The zero-order chi connectivity index (χ0) is 15.3.